The van der Waals surface area contributed by atoms with Gasteiger partial charge >= 0.3 is 63.3 Å². The summed E-state index contributed by atoms with van der Waals surface area (Å²) in [6.45, 7) is 2.83. The van der Waals surface area contributed by atoms with Crippen LogP contribution in [0.15, 0.2) is 69.8 Å². The Morgan fingerprint density at radius 2 is 0.982 bits per heavy atom. The normalized spacial score (nSPS) is 9.34. The number of carboxylic acid groups (broad SMARTS) is 2. The molecule has 6 aromatic heterocycles. The fourth-order valence-electron chi connectivity index (χ4n) is 3.70. The van der Waals surface area contributed by atoms with Crippen LogP contribution in [0.5, 0.6) is 0 Å². The molecule has 0 spiro atoms. The predicted molar refractivity (Wildman–Crippen MR) is 187 cm³/mol. The molecule has 6 rings (SSSR count). The van der Waals surface area contributed by atoms with Gasteiger partial charge in [0.1, 0.15) is 18.8 Å². The van der Waals surface area contributed by atoms with Crippen molar-refractivity contribution in [3.05, 3.63) is 98.2 Å². The predicted octanol–water partition coefficient (Wildman–Crippen LogP) is -0.161. The Kier molecular flexibility index (Phi) is 21.6. The van der Waals surface area contributed by atoms with Gasteiger partial charge in [-0.3, -0.25) is 37.6 Å². The first-order valence-electron chi connectivity index (χ1n) is 14.6. The van der Waals surface area contributed by atoms with Gasteiger partial charge in [-0.25, -0.2) is 24.5 Å². The standard InChI is InChI=1S/C10H10N4O3.C9H8N4O4.C6H9N3O.C4H3NO3.CH3F.CH3.K/c1-6(15)9-7(3-14(2)13-9)12-10(16)8-4-17-5-11-8;1-13-2-5(7(12-13)9(15)16)11-8(14)6-3-17-4-10-6;1-4(10)6-5(7)3-9(2)8-6;6-4(7)3-1-8-2-5-3;1-2;;/h3-5H,1-2H3,(H,12,16);2-4H,1H3,(H,11,14)(H,15,16);3H,7H2,1-2H3;1-2H,(H,6,7);1H3;1H3;/q;;;;;-1;+1. The van der Waals surface area contributed by atoms with Gasteiger partial charge in [-0.15, -0.1) is 0 Å². The maximum absolute atomic E-state index is 11.7. The third-order valence-corrected chi connectivity index (χ3v) is 5.86. The molecule has 2 amide bonds. The molecule has 23 nitrogen and oxygen atoms in total. The van der Waals surface area contributed by atoms with Crippen molar-refractivity contribution in [2.75, 3.05) is 23.5 Å². The Bertz CT molecular complexity index is 2060. The third kappa shape index (κ3) is 15.3. The van der Waals surface area contributed by atoms with Gasteiger partial charge in [0.2, 0.25) is 0 Å². The molecule has 56 heavy (non-hydrogen) atoms. The summed E-state index contributed by atoms with van der Waals surface area (Å²) >= 11 is 0. The van der Waals surface area contributed by atoms with E-state index < -0.39 is 23.8 Å². The van der Waals surface area contributed by atoms with Crippen LogP contribution in [-0.4, -0.2) is 97.0 Å². The smallest absolute Gasteiger partial charge is 0.476 e. The van der Waals surface area contributed by atoms with Gasteiger partial charge < -0.3 is 47.3 Å². The van der Waals surface area contributed by atoms with Crippen LogP contribution < -0.4 is 67.8 Å². The number of ketones is 2. The largest absolute Gasteiger partial charge is 1.00 e. The summed E-state index contributed by atoms with van der Waals surface area (Å²) in [5.41, 5.74) is 6.80. The maximum atomic E-state index is 11.7. The minimum atomic E-state index is -1.22. The van der Waals surface area contributed by atoms with E-state index in [0.29, 0.717) is 24.2 Å². The number of Topliss-reactive ketones (excluding diaryl/α,β-unsaturated/α-hetero) is 2. The van der Waals surface area contributed by atoms with Crippen molar-refractivity contribution < 1.29 is 108 Å². The summed E-state index contributed by atoms with van der Waals surface area (Å²) in [5, 5.41) is 33.5. The Hall–Kier alpha value is -6.15. The van der Waals surface area contributed by atoms with E-state index in [4.69, 9.17) is 20.4 Å². The Balaban J connectivity index is 0.000000729. The van der Waals surface area contributed by atoms with E-state index in [1.807, 2.05) is 0 Å². The Labute approximate surface area is 358 Å². The summed E-state index contributed by atoms with van der Waals surface area (Å²) < 4.78 is 27.5. The zero-order valence-corrected chi connectivity index (χ0v) is 34.4. The van der Waals surface area contributed by atoms with Gasteiger partial charge in [-0.05, 0) is 0 Å². The molecule has 0 saturated heterocycles. The third-order valence-electron chi connectivity index (χ3n) is 5.86. The van der Waals surface area contributed by atoms with Gasteiger partial charge in [0.05, 0.1) is 24.2 Å². The second-order valence-electron chi connectivity index (χ2n) is 9.99. The number of hydrogen-bond acceptors (Lipinski definition) is 16. The number of carbonyl (C=O) groups is 6. The summed E-state index contributed by atoms with van der Waals surface area (Å²) in [5.74, 6) is -3.62. The monoisotopic (exact) mass is 810 g/mol. The molecule has 0 saturated carbocycles. The summed E-state index contributed by atoms with van der Waals surface area (Å²) in [6, 6.07) is 0. The van der Waals surface area contributed by atoms with Crippen LogP contribution in [0, 0.1) is 7.43 Å². The number of nitrogens with two attached hydrogens (primary N) is 1. The van der Waals surface area contributed by atoms with Crippen molar-refractivity contribution in [2.45, 2.75) is 13.8 Å². The second kappa shape index (κ2) is 24.3. The first-order chi connectivity index (χ1) is 25.6. The van der Waals surface area contributed by atoms with E-state index in [9.17, 15) is 33.2 Å². The molecule has 0 fully saturated rings. The first-order valence-corrected chi connectivity index (χ1v) is 14.6. The molecule has 25 heteroatoms. The zero-order valence-electron chi connectivity index (χ0n) is 31.2. The number of oxazole rings is 3. The minimum absolute atomic E-state index is 0. The molecule has 0 atom stereocenters. The molecular weight excluding hydrogens is 775 g/mol. The molecule has 0 unspecified atom stereocenters. The van der Waals surface area contributed by atoms with E-state index in [-0.39, 0.29) is 105 Å². The Morgan fingerprint density at radius 3 is 1.27 bits per heavy atom. The van der Waals surface area contributed by atoms with Gasteiger partial charge in [0, 0.05) is 53.6 Å². The average molecular weight is 811 g/mol. The number of nitrogens with one attached hydrogen (secondary N) is 2. The number of halogens is 1. The second-order valence-corrected chi connectivity index (χ2v) is 9.99. The SMILES string of the molecule is CC(=O)c1nn(C)cc1N.CC(=O)c1nn(C)cc1NC(=O)c1cocn1.CF.Cn1cc(NC(=O)c2cocn2)c(C(=O)O)n1.O=C(O)c1cocn1.[CH3-].[K+]. The average Bonchev–Trinajstić information content (AvgIpc) is 3.96. The molecule has 0 radical (unpaired) electrons. The van der Waals surface area contributed by atoms with Crippen molar-refractivity contribution in [3.8, 4) is 0 Å². The van der Waals surface area contributed by atoms with Crippen LogP contribution in [0.4, 0.5) is 21.5 Å². The van der Waals surface area contributed by atoms with Gasteiger partial charge in [-0.1, -0.05) is 0 Å². The van der Waals surface area contributed by atoms with Crippen LogP contribution in [0.2, 0.25) is 0 Å². The molecule has 6 aromatic rings. The quantitative estimate of drug-likeness (QED) is 0.0757. The van der Waals surface area contributed by atoms with Crippen LogP contribution in [0.3, 0.4) is 0 Å². The summed E-state index contributed by atoms with van der Waals surface area (Å²) in [7, 11) is 5.44. The fraction of sp³-hybridized carbons (Fsp3) is 0.194. The van der Waals surface area contributed by atoms with E-state index in [2.05, 4.69) is 49.7 Å². The topological polar surface area (TPSA) is 325 Å². The summed E-state index contributed by atoms with van der Waals surface area (Å²) in [4.78, 5) is 76.8. The van der Waals surface area contributed by atoms with Crippen molar-refractivity contribution in [2.24, 2.45) is 21.1 Å². The first kappa shape index (κ1) is 49.8. The molecule has 0 aliphatic carbocycles. The molecule has 0 bridgehead atoms. The molecule has 294 valence electrons. The number of alkyl halides is 1. The van der Waals surface area contributed by atoms with Crippen LogP contribution in [0.25, 0.3) is 0 Å². The van der Waals surface area contributed by atoms with E-state index >= 15 is 0 Å². The maximum Gasteiger partial charge on any atom is 1.00 e. The molecule has 6 N–H and O–H groups in total. The number of hydrogen-bond donors (Lipinski definition) is 5. The zero-order chi connectivity index (χ0) is 40.5. The van der Waals surface area contributed by atoms with Crippen LogP contribution in [0.1, 0.15) is 76.8 Å². The number of anilines is 3. The number of carboxylic acids is 2. The fourth-order valence-corrected chi connectivity index (χ4v) is 3.70. The van der Waals surface area contributed by atoms with Crippen molar-refractivity contribution in [1.82, 2.24) is 44.3 Å². The summed E-state index contributed by atoms with van der Waals surface area (Å²) in [6.07, 6.45) is 11.3. The van der Waals surface area contributed by atoms with Gasteiger partial charge in [0.25, 0.3) is 11.8 Å². The van der Waals surface area contributed by atoms with Crippen LogP contribution >= 0.6 is 0 Å². The number of rotatable bonds is 8. The number of aromatic carboxylic acids is 2. The van der Waals surface area contributed by atoms with E-state index in [0.717, 1.165) is 31.7 Å². The van der Waals surface area contributed by atoms with Gasteiger partial charge in [-0.2, -0.15) is 15.3 Å². The van der Waals surface area contributed by atoms with Crippen molar-refractivity contribution >= 4 is 52.4 Å². The van der Waals surface area contributed by atoms with Gasteiger partial charge in [0.15, 0.2) is 64.9 Å². The molecule has 0 aromatic carbocycles. The molecule has 0 aliphatic heterocycles. The van der Waals surface area contributed by atoms with Crippen molar-refractivity contribution in [3.63, 3.8) is 0 Å². The number of amides is 2. The number of carbonyl (C=O) groups excluding carboxylic acids is 4. The molecule has 0 aliphatic rings. The Morgan fingerprint density at radius 1 is 0.625 bits per heavy atom. The molecular formula is C31H36FKN12O11. The van der Waals surface area contributed by atoms with E-state index in [1.165, 1.54) is 40.4 Å². The molecule has 6 heterocycles. The van der Waals surface area contributed by atoms with Crippen LogP contribution in [-0.2, 0) is 21.1 Å². The van der Waals surface area contributed by atoms with E-state index in [1.54, 1.807) is 33.5 Å². The number of aromatic nitrogens is 9. The van der Waals surface area contributed by atoms with Crippen molar-refractivity contribution in [1.29, 1.82) is 0 Å². The number of aryl methyl sites for hydroxylation is 3. The number of nitrogen functional groups attached to an aromatic ring is 1. The minimum Gasteiger partial charge on any atom is -0.476 e. The number of nitrogens with zero attached hydrogens (tertiary/aromatic N) is 9.